The summed E-state index contributed by atoms with van der Waals surface area (Å²) in [5, 5.41) is 2.98. The number of nitrogens with zero attached hydrogens (tertiary/aromatic N) is 1. The number of hydrogen-bond donors (Lipinski definition) is 1. The number of halogens is 1. The second-order valence-electron chi connectivity index (χ2n) is 7.77. The molecule has 0 spiro atoms. The molecule has 0 unspecified atom stereocenters. The average molecular weight is 505 g/mol. The minimum atomic E-state index is -0.571. The lowest BCUT2D eigenvalue weighted by Gasteiger charge is -2.30. The maximum absolute atomic E-state index is 13.1. The molecule has 0 aliphatic carbocycles. The largest absolute Gasteiger partial charge is 0.497 e. The molecule has 2 aromatic rings. The van der Waals surface area contributed by atoms with Crippen molar-refractivity contribution in [2.75, 3.05) is 13.7 Å². The van der Waals surface area contributed by atoms with Crippen LogP contribution in [-0.2, 0) is 16.1 Å². The highest BCUT2D eigenvalue weighted by molar-refractivity contribution is 9.10. The highest BCUT2D eigenvalue weighted by Crippen LogP contribution is 2.18. The van der Waals surface area contributed by atoms with Crippen LogP contribution in [0.2, 0.25) is 0 Å². The molecule has 0 heterocycles. The number of nitrogens with one attached hydrogen (secondary N) is 1. The van der Waals surface area contributed by atoms with Crippen molar-refractivity contribution < 1.29 is 19.1 Å². The predicted octanol–water partition coefficient (Wildman–Crippen LogP) is 4.95. The van der Waals surface area contributed by atoms with E-state index in [4.69, 9.17) is 9.47 Å². The first kappa shape index (κ1) is 25.7. The zero-order valence-electron chi connectivity index (χ0n) is 19.3. The minimum absolute atomic E-state index is 0.0608. The smallest absolute Gasteiger partial charge is 0.242 e. The molecule has 2 rings (SSSR count). The van der Waals surface area contributed by atoms with E-state index in [1.54, 1.807) is 18.9 Å². The third-order valence-electron chi connectivity index (χ3n) is 5.27. The Kier molecular flexibility index (Phi) is 10.5. The van der Waals surface area contributed by atoms with Crippen molar-refractivity contribution in [3.63, 3.8) is 0 Å². The maximum atomic E-state index is 13.1. The van der Waals surface area contributed by atoms with Crippen molar-refractivity contribution in [1.29, 1.82) is 0 Å². The molecular formula is C25H33BrN2O4. The summed E-state index contributed by atoms with van der Waals surface area (Å²) in [6.45, 7) is 6.54. The number of amides is 2. The average Bonchev–Trinajstić information content (AvgIpc) is 2.80. The highest BCUT2D eigenvalue weighted by atomic mass is 79.9. The van der Waals surface area contributed by atoms with Gasteiger partial charge in [-0.1, -0.05) is 35.0 Å². The first-order valence-electron chi connectivity index (χ1n) is 10.9. The number of carbonyl (C=O) groups excluding carboxylic acids is 2. The van der Waals surface area contributed by atoms with Crippen LogP contribution in [0.1, 0.15) is 45.6 Å². The molecule has 0 fully saturated rings. The van der Waals surface area contributed by atoms with Crippen molar-refractivity contribution in [2.24, 2.45) is 0 Å². The summed E-state index contributed by atoms with van der Waals surface area (Å²) < 4.78 is 11.8. The van der Waals surface area contributed by atoms with Gasteiger partial charge in [-0.2, -0.15) is 0 Å². The lowest BCUT2D eigenvalue weighted by atomic mass is 10.1. The van der Waals surface area contributed by atoms with Crippen LogP contribution in [0.15, 0.2) is 53.0 Å². The molecule has 0 bridgehead atoms. The van der Waals surface area contributed by atoms with Crippen molar-refractivity contribution >= 4 is 27.7 Å². The fourth-order valence-electron chi connectivity index (χ4n) is 3.11. The van der Waals surface area contributed by atoms with Gasteiger partial charge in [0.05, 0.1) is 13.7 Å². The lowest BCUT2D eigenvalue weighted by Crippen LogP contribution is -2.49. The van der Waals surface area contributed by atoms with Gasteiger partial charge in [-0.15, -0.1) is 0 Å². The van der Waals surface area contributed by atoms with E-state index in [2.05, 4.69) is 21.2 Å². The van der Waals surface area contributed by atoms with E-state index in [1.165, 1.54) is 0 Å². The Bertz CT molecular complexity index is 873. The molecule has 2 amide bonds. The van der Waals surface area contributed by atoms with Crippen LogP contribution in [-0.4, -0.2) is 42.5 Å². The number of hydrogen-bond acceptors (Lipinski definition) is 4. The van der Waals surface area contributed by atoms with Gasteiger partial charge in [0.2, 0.25) is 11.8 Å². The van der Waals surface area contributed by atoms with Crippen LogP contribution in [0.25, 0.3) is 0 Å². The second kappa shape index (κ2) is 13.1. The summed E-state index contributed by atoms with van der Waals surface area (Å²) in [6.07, 6.45) is 1.69. The van der Waals surface area contributed by atoms with Crippen LogP contribution in [0.5, 0.6) is 11.5 Å². The summed E-state index contributed by atoms with van der Waals surface area (Å²) >= 11 is 3.47. The molecule has 0 aromatic heterocycles. The quantitative estimate of drug-likeness (QED) is 0.415. The van der Waals surface area contributed by atoms with Crippen molar-refractivity contribution in [3.8, 4) is 11.5 Å². The molecule has 32 heavy (non-hydrogen) atoms. The number of carbonyl (C=O) groups is 2. The van der Waals surface area contributed by atoms with Crippen molar-refractivity contribution in [3.05, 3.63) is 58.6 Å². The first-order valence-corrected chi connectivity index (χ1v) is 11.7. The Morgan fingerprint density at radius 1 is 1.09 bits per heavy atom. The molecule has 0 aliphatic heterocycles. The van der Waals surface area contributed by atoms with E-state index in [-0.39, 0.29) is 17.9 Å². The third-order valence-corrected chi connectivity index (χ3v) is 5.77. The van der Waals surface area contributed by atoms with Gasteiger partial charge in [0.1, 0.15) is 17.5 Å². The molecule has 0 saturated carbocycles. The molecule has 6 nitrogen and oxygen atoms in total. The molecule has 2 aromatic carbocycles. The summed E-state index contributed by atoms with van der Waals surface area (Å²) in [6, 6.07) is 14.6. The fraction of sp³-hybridized carbons (Fsp3) is 0.440. The van der Waals surface area contributed by atoms with Crippen molar-refractivity contribution in [1.82, 2.24) is 10.2 Å². The normalized spacial score (nSPS) is 12.5. The molecule has 0 saturated heterocycles. The zero-order chi connectivity index (χ0) is 23.5. The Hall–Kier alpha value is -2.54. The van der Waals surface area contributed by atoms with Crippen LogP contribution >= 0.6 is 15.9 Å². The summed E-state index contributed by atoms with van der Waals surface area (Å²) in [5.41, 5.74) is 0.963. The van der Waals surface area contributed by atoms with E-state index in [0.717, 1.165) is 28.0 Å². The molecule has 0 radical (unpaired) electrons. The van der Waals surface area contributed by atoms with E-state index in [9.17, 15) is 9.59 Å². The number of rotatable bonds is 12. The third kappa shape index (κ3) is 8.19. The van der Waals surface area contributed by atoms with Gasteiger partial charge in [-0.3, -0.25) is 9.59 Å². The maximum Gasteiger partial charge on any atom is 0.242 e. The lowest BCUT2D eigenvalue weighted by molar-refractivity contribution is -0.141. The molecule has 174 valence electrons. The van der Waals surface area contributed by atoms with Crippen LogP contribution < -0.4 is 14.8 Å². The summed E-state index contributed by atoms with van der Waals surface area (Å²) in [7, 11) is 1.62. The fourth-order valence-corrected chi connectivity index (χ4v) is 3.56. The van der Waals surface area contributed by atoms with Gasteiger partial charge in [0.15, 0.2) is 0 Å². The number of ether oxygens (including phenoxy) is 2. The highest BCUT2D eigenvalue weighted by Gasteiger charge is 2.26. The first-order chi connectivity index (χ1) is 15.3. The van der Waals surface area contributed by atoms with E-state index in [1.807, 2.05) is 62.4 Å². The Labute approximate surface area is 199 Å². The predicted molar refractivity (Wildman–Crippen MR) is 130 cm³/mol. The van der Waals surface area contributed by atoms with Gasteiger partial charge >= 0.3 is 0 Å². The Morgan fingerprint density at radius 3 is 2.41 bits per heavy atom. The second-order valence-corrected chi connectivity index (χ2v) is 8.69. The molecule has 0 aliphatic rings. The molecule has 1 N–H and O–H groups in total. The van der Waals surface area contributed by atoms with Gasteiger partial charge in [-0.25, -0.2) is 0 Å². The van der Waals surface area contributed by atoms with Gasteiger partial charge in [0, 0.05) is 23.5 Å². The van der Waals surface area contributed by atoms with E-state index >= 15 is 0 Å². The Morgan fingerprint density at radius 2 is 1.78 bits per heavy atom. The van der Waals surface area contributed by atoms with Crippen LogP contribution in [0, 0.1) is 0 Å². The monoisotopic (exact) mass is 504 g/mol. The summed E-state index contributed by atoms with van der Waals surface area (Å²) in [5.74, 6) is 1.28. The van der Waals surface area contributed by atoms with Gasteiger partial charge in [-0.05, 0) is 68.7 Å². The molecule has 2 atom stereocenters. The topological polar surface area (TPSA) is 67.9 Å². The standard InChI is InChI=1S/C25H33BrN2O4/c1-5-18(2)27-25(30)19(3)28(17-20-8-6-9-21(26)16-20)24(29)10-7-15-32-23-13-11-22(31-4)12-14-23/h6,8-9,11-14,16,18-19H,5,7,10,15,17H2,1-4H3,(H,27,30)/t18-,19+/m0/s1. The van der Waals surface area contributed by atoms with Gasteiger partial charge in [0.25, 0.3) is 0 Å². The summed E-state index contributed by atoms with van der Waals surface area (Å²) in [4.78, 5) is 27.5. The Balaban J connectivity index is 1.99. The van der Waals surface area contributed by atoms with Gasteiger partial charge < -0.3 is 19.7 Å². The number of methoxy groups -OCH3 is 1. The molecule has 7 heteroatoms. The zero-order valence-corrected chi connectivity index (χ0v) is 20.9. The van der Waals surface area contributed by atoms with E-state index < -0.39 is 6.04 Å². The minimum Gasteiger partial charge on any atom is -0.497 e. The van der Waals surface area contributed by atoms with E-state index in [0.29, 0.717) is 26.0 Å². The SMILES string of the molecule is CC[C@H](C)NC(=O)[C@@H](C)N(Cc1cccc(Br)c1)C(=O)CCCOc1ccc(OC)cc1. The van der Waals surface area contributed by atoms with Crippen LogP contribution in [0.4, 0.5) is 0 Å². The van der Waals surface area contributed by atoms with Crippen LogP contribution in [0.3, 0.4) is 0 Å². The van der Waals surface area contributed by atoms with Crippen molar-refractivity contribution in [2.45, 2.75) is 58.7 Å². The molecular weight excluding hydrogens is 472 g/mol. The number of benzene rings is 2.